The number of carbonyl (C=O) groups excluding carboxylic acids is 2. The molecule has 2 rings (SSSR count). The summed E-state index contributed by atoms with van der Waals surface area (Å²) in [6.07, 6.45) is 0.835. The Bertz CT molecular complexity index is 1040. The van der Waals surface area contributed by atoms with E-state index in [-0.39, 0.29) is 17.9 Å². The number of benzene rings is 1. The molecule has 8 nitrogen and oxygen atoms in total. The van der Waals surface area contributed by atoms with Crippen LogP contribution in [0, 0.1) is 0 Å². The summed E-state index contributed by atoms with van der Waals surface area (Å²) in [5.41, 5.74) is -5.90. The summed E-state index contributed by atoms with van der Waals surface area (Å²) in [5, 5.41) is 0.904. The summed E-state index contributed by atoms with van der Waals surface area (Å²) in [6.45, 7) is -0.215. The van der Waals surface area contributed by atoms with Crippen LogP contribution in [0.1, 0.15) is 26.3 Å². The Hall–Kier alpha value is -3.15. The van der Waals surface area contributed by atoms with Crippen molar-refractivity contribution in [3.05, 3.63) is 53.2 Å². The molecule has 156 valence electrons. The molecule has 0 radical (unpaired) electrons. The predicted molar refractivity (Wildman–Crippen MR) is 93.0 cm³/mol. The van der Waals surface area contributed by atoms with E-state index in [0.29, 0.717) is 5.56 Å². The lowest BCUT2D eigenvalue weighted by molar-refractivity contribution is -0.0438. The van der Waals surface area contributed by atoms with E-state index in [1.807, 2.05) is 0 Å². The monoisotopic (exact) mass is 432 g/mol. The van der Waals surface area contributed by atoms with Crippen LogP contribution in [-0.4, -0.2) is 45.0 Å². The number of esters is 1. The number of rotatable bonds is 6. The topological polar surface area (TPSA) is 112 Å². The number of ether oxygens (including phenoxy) is 2. The summed E-state index contributed by atoms with van der Waals surface area (Å²) < 4.78 is 71.4. The molecule has 0 saturated carbocycles. The maximum absolute atomic E-state index is 12.8. The van der Waals surface area contributed by atoms with Crippen LogP contribution in [0.2, 0.25) is 0 Å². The lowest BCUT2D eigenvalue weighted by Crippen LogP contribution is -2.30. The number of methoxy groups -OCH3 is 2. The molecule has 1 aromatic heterocycles. The molecule has 0 aliphatic rings. The Balaban J connectivity index is 2.29. The third-order valence-electron chi connectivity index (χ3n) is 3.70. The van der Waals surface area contributed by atoms with Gasteiger partial charge < -0.3 is 14.8 Å². The molecule has 0 atom stereocenters. The van der Waals surface area contributed by atoms with Crippen LogP contribution in [-0.2, 0) is 21.1 Å². The quantitative estimate of drug-likeness (QED) is 0.696. The molecule has 0 aliphatic carbocycles. The molecular formula is C17H15F3N2O6S. The highest BCUT2D eigenvalue weighted by Crippen LogP contribution is 2.30. The Labute approximate surface area is 163 Å². The molecule has 1 aromatic carbocycles. The van der Waals surface area contributed by atoms with Crippen LogP contribution < -0.4 is 10.1 Å². The van der Waals surface area contributed by atoms with E-state index < -0.39 is 37.8 Å². The van der Waals surface area contributed by atoms with Crippen molar-refractivity contribution in [2.24, 2.45) is 0 Å². The van der Waals surface area contributed by atoms with Gasteiger partial charge in [0.25, 0.3) is 15.7 Å². The highest BCUT2D eigenvalue weighted by molar-refractivity contribution is 7.92. The van der Waals surface area contributed by atoms with Gasteiger partial charge in [-0.3, -0.25) is 4.79 Å². The summed E-state index contributed by atoms with van der Waals surface area (Å²) >= 11 is 0. The van der Waals surface area contributed by atoms with Crippen molar-refractivity contribution < 1.29 is 40.7 Å². The van der Waals surface area contributed by atoms with Crippen molar-refractivity contribution in [3.63, 3.8) is 0 Å². The molecule has 1 N–H and O–H groups in total. The van der Waals surface area contributed by atoms with E-state index in [1.54, 1.807) is 0 Å². The van der Waals surface area contributed by atoms with Gasteiger partial charge in [0.15, 0.2) is 5.03 Å². The first-order valence-electron chi connectivity index (χ1n) is 7.82. The van der Waals surface area contributed by atoms with Crippen molar-refractivity contribution in [2.45, 2.75) is 17.1 Å². The zero-order chi connectivity index (χ0) is 21.8. The molecule has 0 unspecified atom stereocenters. The van der Waals surface area contributed by atoms with Gasteiger partial charge in [-0.15, -0.1) is 0 Å². The lowest BCUT2D eigenvalue weighted by Gasteiger charge is -2.12. The summed E-state index contributed by atoms with van der Waals surface area (Å²) in [7, 11) is -3.31. The number of nitrogens with one attached hydrogen (secondary N) is 1. The van der Waals surface area contributed by atoms with Gasteiger partial charge in [0.2, 0.25) is 0 Å². The molecule has 1 heterocycles. The van der Waals surface area contributed by atoms with Gasteiger partial charge in [0.05, 0.1) is 19.8 Å². The Morgan fingerprint density at radius 1 is 1.14 bits per heavy atom. The molecular weight excluding hydrogens is 417 g/mol. The molecule has 1 amide bonds. The van der Waals surface area contributed by atoms with Crippen LogP contribution in [0.3, 0.4) is 0 Å². The fourth-order valence-corrected chi connectivity index (χ4v) is 3.17. The minimum atomic E-state index is -5.82. The van der Waals surface area contributed by atoms with Crippen molar-refractivity contribution in [2.75, 3.05) is 14.2 Å². The van der Waals surface area contributed by atoms with Crippen LogP contribution in [0.25, 0.3) is 0 Å². The third-order valence-corrected chi connectivity index (χ3v) is 5.14. The number of halogens is 3. The second-order valence-corrected chi connectivity index (χ2v) is 7.37. The second kappa shape index (κ2) is 8.47. The van der Waals surface area contributed by atoms with Crippen molar-refractivity contribution in [1.82, 2.24) is 10.3 Å². The molecule has 0 bridgehead atoms. The zero-order valence-electron chi connectivity index (χ0n) is 15.1. The molecule has 0 spiro atoms. The fourth-order valence-electron chi connectivity index (χ4n) is 2.30. The number of sulfone groups is 1. The minimum absolute atomic E-state index is 0.0727. The SMILES string of the molecule is COC(=O)c1cc(CNC(=O)c2cccnc2S(=O)(=O)C(F)(F)F)ccc1OC. The maximum Gasteiger partial charge on any atom is 0.503 e. The Kier molecular flexibility index (Phi) is 6.47. The number of alkyl halides is 3. The minimum Gasteiger partial charge on any atom is -0.496 e. The third kappa shape index (κ3) is 4.65. The van der Waals surface area contributed by atoms with Gasteiger partial charge in [0.1, 0.15) is 11.3 Å². The van der Waals surface area contributed by atoms with Gasteiger partial charge >= 0.3 is 11.5 Å². The molecule has 2 aromatic rings. The van der Waals surface area contributed by atoms with Gasteiger partial charge in [-0.05, 0) is 29.8 Å². The second-order valence-electron chi connectivity index (χ2n) is 5.51. The number of hydrogen-bond acceptors (Lipinski definition) is 7. The number of amides is 1. The first kappa shape index (κ1) is 22.1. The highest BCUT2D eigenvalue weighted by atomic mass is 32.2. The molecule has 29 heavy (non-hydrogen) atoms. The van der Waals surface area contributed by atoms with Crippen molar-refractivity contribution in [3.8, 4) is 5.75 Å². The number of carbonyl (C=O) groups is 2. The normalized spacial score (nSPS) is 11.6. The molecule has 0 aliphatic heterocycles. The van der Waals surface area contributed by atoms with E-state index in [4.69, 9.17) is 4.74 Å². The largest absolute Gasteiger partial charge is 0.503 e. The van der Waals surface area contributed by atoms with E-state index in [1.165, 1.54) is 32.4 Å². The molecule has 0 fully saturated rings. The average molecular weight is 432 g/mol. The summed E-state index contributed by atoms with van der Waals surface area (Å²) in [6, 6.07) is 6.35. The number of pyridine rings is 1. The van der Waals surface area contributed by atoms with E-state index >= 15 is 0 Å². The first-order valence-corrected chi connectivity index (χ1v) is 9.31. The fraction of sp³-hybridized carbons (Fsp3) is 0.235. The average Bonchev–Trinajstić information content (AvgIpc) is 2.70. The standard InChI is InChI=1S/C17H15F3N2O6S/c1-27-13-6-5-10(8-12(13)16(24)28-2)9-22-14(23)11-4-3-7-21-15(11)29(25,26)17(18,19)20/h3-8H,9H2,1-2H3,(H,22,23). The van der Waals surface area contributed by atoms with E-state index in [2.05, 4.69) is 15.0 Å². The predicted octanol–water partition coefficient (Wildman–Crippen LogP) is 2.10. The molecule has 12 heteroatoms. The van der Waals surface area contributed by atoms with Crippen molar-refractivity contribution >= 4 is 21.7 Å². The Morgan fingerprint density at radius 3 is 2.41 bits per heavy atom. The van der Waals surface area contributed by atoms with Crippen molar-refractivity contribution in [1.29, 1.82) is 0 Å². The van der Waals surface area contributed by atoms with Crippen LogP contribution in [0.5, 0.6) is 5.75 Å². The maximum atomic E-state index is 12.8. The zero-order valence-corrected chi connectivity index (χ0v) is 15.9. The van der Waals surface area contributed by atoms with Crippen LogP contribution in [0.15, 0.2) is 41.6 Å². The van der Waals surface area contributed by atoms with Crippen LogP contribution in [0.4, 0.5) is 13.2 Å². The highest BCUT2D eigenvalue weighted by Gasteiger charge is 2.49. The Morgan fingerprint density at radius 2 is 1.83 bits per heavy atom. The first-order chi connectivity index (χ1) is 13.5. The number of nitrogens with zero attached hydrogens (tertiary/aromatic N) is 1. The number of hydrogen-bond donors (Lipinski definition) is 1. The number of aromatic nitrogens is 1. The molecule has 0 saturated heterocycles. The van der Waals surface area contributed by atoms with Gasteiger partial charge in [-0.25, -0.2) is 18.2 Å². The summed E-state index contributed by atoms with van der Waals surface area (Å²) in [4.78, 5) is 27.3. The lowest BCUT2D eigenvalue weighted by atomic mass is 10.1. The van der Waals surface area contributed by atoms with Crippen LogP contribution >= 0.6 is 0 Å². The van der Waals surface area contributed by atoms with E-state index in [0.717, 1.165) is 18.3 Å². The van der Waals surface area contributed by atoms with Gasteiger partial charge in [0, 0.05) is 12.7 Å². The smallest absolute Gasteiger partial charge is 0.496 e. The van der Waals surface area contributed by atoms with Gasteiger partial charge in [-0.1, -0.05) is 6.07 Å². The summed E-state index contributed by atoms with van der Waals surface area (Å²) in [5.74, 6) is -1.56. The van der Waals surface area contributed by atoms with Gasteiger partial charge in [-0.2, -0.15) is 13.2 Å². The van der Waals surface area contributed by atoms with E-state index in [9.17, 15) is 31.2 Å².